The Bertz CT molecular complexity index is 196. The maximum absolute atomic E-state index is 4.05. The molecule has 0 spiro atoms. The molecule has 3 unspecified atom stereocenters. The predicted octanol–water partition coefficient (Wildman–Crippen LogP) is 4.27. The maximum Gasteiger partial charge on any atom is -0.0230 e. The van der Waals surface area contributed by atoms with Crippen molar-refractivity contribution in [3.05, 3.63) is 36.2 Å². The molecule has 0 aromatic rings. The van der Waals surface area contributed by atoms with Crippen LogP contribution in [0.5, 0.6) is 0 Å². The van der Waals surface area contributed by atoms with E-state index in [-0.39, 0.29) is 0 Å². The highest BCUT2D eigenvalue weighted by Gasteiger charge is 2.06. The molecule has 66 valence electrons. The van der Waals surface area contributed by atoms with Crippen LogP contribution in [0.3, 0.4) is 0 Å². The average Bonchev–Trinajstić information content (AvgIpc) is 2.12. The summed E-state index contributed by atoms with van der Waals surface area (Å²) in [5, 5.41) is 1.24. The van der Waals surface area contributed by atoms with Crippen LogP contribution >= 0.6 is 24.5 Å². The summed E-state index contributed by atoms with van der Waals surface area (Å²) in [5.41, 5.74) is 2.34. The van der Waals surface area contributed by atoms with Gasteiger partial charge in [0.2, 0.25) is 0 Å². The highest BCUT2D eigenvalue weighted by Crippen LogP contribution is 2.59. The van der Waals surface area contributed by atoms with E-state index in [1.54, 1.807) is 0 Å². The first-order chi connectivity index (χ1) is 5.72. The molecule has 0 N–H and O–H groups in total. The van der Waals surface area contributed by atoms with Crippen molar-refractivity contribution < 1.29 is 0 Å². The fourth-order valence-corrected chi connectivity index (χ4v) is 7.41. The van der Waals surface area contributed by atoms with Crippen LogP contribution < -0.4 is 0 Å². The third-order valence-electron chi connectivity index (χ3n) is 1.87. The molecule has 3 atom stereocenters. The lowest BCUT2D eigenvalue weighted by Crippen LogP contribution is -1.86. The van der Waals surface area contributed by atoms with E-state index >= 15 is 0 Å². The van der Waals surface area contributed by atoms with E-state index in [1.807, 2.05) is 0 Å². The monoisotopic (exact) mass is 216 g/mol. The highest BCUT2D eigenvalue weighted by atomic mass is 32.4. The minimum absolute atomic E-state index is 0.911. The number of rotatable bonds is 0. The molecule has 1 saturated heterocycles. The number of hydrogen-bond donors (Lipinski definition) is 0. The van der Waals surface area contributed by atoms with Gasteiger partial charge in [0.1, 0.15) is 0 Å². The summed E-state index contributed by atoms with van der Waals surface area (Å²) in [6.07, 6.45) is 3.80. The molecular formula is C9H15P3. The Morgan fingerprint density at radius 2 is 1.92 bits per heavy atom. The molecule has 0 radical (unpaired) electrons. The first kappa shape index (κ1) is 10.6. The van der Waals surface area contributed by atoms with E-state index in [0.717, 1.165) is 36.5 Å². The van der Waals surface area contributed by atoms with Crippen molar-refractivity contribution in [2.75, 3.05) is 6.16 Å². The van der Waals surface area contributed by atoms with Gasteiger partial charge in [-0.1, -0.05) is 44.2 Å². The molecular weight excluding hydrogens is 201 g/mol. The number of allylic oxidation sites excluding steroid dienone is 3. The molecule has 0 saturated carbocycles. The Kier molecular flexibility index (Phi) is 4.66. The van der Waals surface area contributed by atoms with Gasteiger partial charge in [0, 0.05) is 0 Å². The Labute approximate surface area is 80.1 Å². The molecule has 0 aromatic heterocycles. The van der Waals surface area contributed by atoms with Crippen LogP contribution in [-0.4, -0.2) is 6.16 Å². The van der Waals surface area contributed by atoms with Crippen LogP contribution in [0, 0.1) is 0 Å². The molecule has 0 aromatic carbocycles. The van der Waals surface area contributed by atoms with Crippen molar-refractivity contribution in [1.82, 2.24) is 0 Å². The van der Waals surface area contributed by atoms with Crippen LogP contribution in [0.4, 0.5) is 0 Å². The predicted molar refractivity (Wildman–Crippen MR) is 66.5 cm³/mol. The molecule has 1 heterocycles. The summed E-state index contributed by atoms with van der Waals surface area (Å²) in [4.78, 5) is 0. The summed E-state index contributed by atoms with van der Waals surface area (Å²) in [7, 11) is 3.16. The van der Waals surface area contributed by atoms with Gasteiger partial charge in [-0.05, 0) is 35.5 Å². The fourth-order valence-electron chi connectivity index (χ4n) is 1.01. The minimum atomic E-state index is 0.911. The Balaban J connectivity index is 2.62. The van der Waals surface area contributed by atoms with Gasteiger partial charge in [0.15, 0.2) is 0 Å². The van der Waals surface area contributed by atoms with E-state index in [2.05, 4.69) is 19.7 Å². The second-order valence-electron chi connectivity index (χ2n) is 2.84. The fraction of sp³-hybridized carbons (Fsp3) is 0.333. The summed E-state index contributed by atoms with van der Waals surface area (Å²) in [5.74, 6) is 0. The van der Waals surface area contributed by atoms with Crippen molar-refractivity contribution in [1.29, 1.82) is 0 Å². The molecule has 0 amide bonds. The summed E-state index contributed by atoms with van der Waals surface area (Å²) in [6, 6.07) is 0. The highest BCUT2D eigenvalue weighted by molar-refractivity contribution is 8.44. The molecule has 1 aliphatic rings. The zero-order valence-corrected chi connectivity index (χ0v) is 10.2. The van der Waals surface area contributed by atoms with Crippen LogP contribution in [0.2, 0.25) is 0 Å². The van der Waals surface area contributed by atoms with Crippen molar-refractivity contribution >= 4 is 24.5 Å². The largest absolute Gasteiger partial charge is 0.0952 e. The minimum Gasteiger partial charge on any atom is -0.0952 e. The van der Waals surface area contributed by atoms with Gasteiger partial charge in [-0.3, -0.25) is 0 Å². The van der Waals surface area contributed by atoms with E-state index in [1.165, 1.54) is 23.5 Å². The lowest BCUT2D eigenvalue weighted by atomic mass is 10.1. The molecule has 1 rings (SSSR count). The first-order valence-electron chi connectivity index (χ1n) is 4.02. The van der Waals surface area contributed by atoms with Crippen molar-refractivity contribution in [3.8, 4) is 0 Å². The molecule has 1 fully saturated rings. The zero-order valence-electron chi connectivity index (χ0n) is 7.24. The van der Waals surface area contributed by atoms with Crippen molar-refractivity contribution in [2.24, 2.45) is 0 Å². The van der Waals surface area contributed by atoms with Gasteiger partial charge in [-0.25, -0.2) is 0 Å². The topological polar surface area (TPSA) is 0 Å². The van der Waals surface area contributed by atoms with E-state index in [4.69, 9.17) is 0 Å². The standard InChI is InChI=1S/C9H15P3/c1-7-5-4-6-10-12-11-9(3)8(7)2/h10-12H,1-6H2. The smallest absolute Gasteiger partial charge is 0.0230 e. The van der Waals surface area contributed by atoms with E-state index in [0.29, 0.717) is 0 Å². The lowest BCUT2D eigenvalue weighted by Gasteiger charge is -2.08. The molecule has 12 heavy (non-hydrogen) atoms. The Hall–Kier alpha value is 0.510. The second kappa shape index (κ2) is 5.29. The van der Waals surface area contributed by atoms with Gasteiger partial charge < -0.3 is 0 Å². The average molecular weight is 216 g/mol. The summed E-state index contributed by atoms with van der Waals surface area (Å²) < 4.78 is 0. The Morgan fingerprint density at radius 1 is 1.17 bits per heavy atom. The third kappa shape index (κ3) is 3.10. The third-order valence-corrected chi connectivity index (χ3v) is 8.66. The second-order valence-corrected chi connectivity index (χ2v) is 9.61. The molecule has 1 aliphatic heterocycles. The van der Waals surface area contributed by atoms with Crippen molar-refractivity contribution in [3.63, 3.8) is 0 Å². The molecule has 0 nitrogen and oxygen atoms in total. The normalized spacial score (nSPS) is 27.5. The van der Waals surface area contributed by atoms with Crippen LogP contribution in [-0.2, 0) is 0 Å². The molecule has 0 aliphatic carbocycles. The molecule has 3 heteroatoms. The maximum atomic E-state index is 4.05. The van der Waals surface area contributed by atoms with Crippen LogP contribution in [0.1, 0.15) is 12.8 Å². The van der Waals surface area contributed by atoms with E-state index < -0.39 is 0 Å². The first-order valence-corrected chi connectivity index (χ1v) is 9.22. The Morgan fingerprint density at radius 3 is 2.67 bits per heavy atom. The van der Waals surface area contributed by atoms with Gasteiger partial charge in [-0.2, -0.15) is 0 Å². The van der Waals surface area contributed by atoms with E-state index in [9.17, 15) is 0 Å². The SMILES string of the molecule is C=C1CCCPPPC(=C)C1=C. The lowest BCUT2D eigenvalue weighted by molar-refractivity contribution is 0.933. The quantitative estimate of drug-likeness (QED) is 0.530. The van der Waals surface area contributed by atoms with Gasteiger partial charge >= 0.3 is 0 Å². The van der Waals surface area contributed by atoms with Gasteiger partial charge in [-0.15, -0.1) is 0 Å². The summed E-state index contributed by atoms with van der Waals surface area (Å²) >= 11 is 0. The van der Waals surface area contributed by atoms with Crippen LogP contribution in [0.25, 0.3) is 0 Å². The zero-order chi connectivity index (χ0) is 8.97. The van der Waals surface area contributed by atoms with Crippen LogP contribution in [0.15, 0.2) is 36.2 Å². The summed E-state index contributed by atoms with van der Waals surface area (Å²) in [6.45, 7) is 12.1. The van der Waals surface area contributed by atoms with Gasteiger partial charge in [0.05, 0.1) is 0 Å². The van der Waals surface area contributed by atoms with Gasteiger partial charge in [0.25, 0.3) is 0 Å². The molecule has 0 bridgehead atoms. The van der Waals surface area contributed by atoms with Crippen molar-refractivity contribution in [2.45, 2.75) is 12.8 Å². The number of hydrogen-bond acceptors (Lipinski definition) is 0.